The maximum atomic E-state index is 10.5. The molecule has 14 heavy (non-hydrogen) atoms. The fourth-order valence-corrected chi connectivity index (χ4v) is 1.92. The minimum absolute atomic E-state index is 0.117. The van der Waals surface area contributed by atoms with Crippen LogP contribution in [0, 0.1) is 10.1 Å². The number of benzene rings is 1. The van der Waals surface area contributed by atoms with Crippen LogP contribution < -0.4 is 5.32 Å². The van der Waals surface area contributed by atoms with Gasteiger partial charge in [-0.1, -0.05) is 0 Å². The van der Waals surface area contributed by atoms with E-state index < -0.39 is 4.92 Å². The number of rotatable bonds is 2. The van der Waals surface area contributed by atoms with Crippen LogP contribution in [-0.4, -0.2) is 17.3 Å². The zero-order valence-electron chi connectivity index (χ0n) is 7.37. The second-order valence-electron chi connectivity index (χ2n) is 3.26. The maximum absolute atomic E-state index is 10.5. The molecule has 0 bridgehead atoms. The number of hydrogen-bond acceptors (Lipinski definition) is 3. The number of non-ortho nitro benzene ring substituents is 1. The van der Waals surface area contributed by atoms with Crippen molar-refractivity contribution in [2.75, 3.05) is 17.7 Å². The summed E-state index contributed by atoms with van der Waals surface area (Å²) in [6, 6.07) is 4.85. The number of hydrogen-bond donors (Lipinski definition) is 1. The molecule has 0 aliphatic carbocycles. The van der Waals surface area contributed by atoms with Crippen molar-refractivity contribution in [2.24, 2.45) is 0 Å². The van der Waals surface area contributed by atoms with Crippen LogP contribution in [0.1, 0.15) is 11.5 Å². The molecule has 1 aromatic carbocycles. The largest absolute Gasteiger partial charge is 0.384 e. The van der Waals surface area contributed by atoms with Crippen molar-refractivity contribution in [3.05, 3.63) is 33.9 Å². The van der Waals surface area contributed by atoms with E-state index in [2.05, 4.69) is 5.32 Å². The van der Waals surface area contributed by atoms with Gasteiger partial charge in [-0.25, -0.2) is 0 Å². The highest BCUT2D eigenvalue weighted by Gasteiger charge is 2.23. The standard InChI is InChI=1S/C9H9ClN2O2/c10-4-6-5-11-9-3-7(12(13)14)1-2-8(6)9/h1-3,6,11H,4-5H2. The van der Waals surface area contributed by atoms with Gasteiger partial charge in [0.2, 0.25) is 0 Å². The predicted octanol–water partition coefficient (Wildman–Crippen LogP) is 2.34. The molecule has 4 nitrogen and oxygen atoms in total. The Bertz CT molecular complexity index is 381. The van der Waals surface area contributed by atoms with Crippen LogP contribution in [0.3, 0.4) is 0 Å². The van der Waals surface area contributed by atoms with E-state index in [-0.39, 0.29) is 11.6 Å². The molecule has 1 aromatic rings. The summed E-state index contributed by atoms with van der Waals surface area (Å²) in [6.45, 7) is 0.764. The molecule has 0 saturated carbocycles. The van der Waals surface area contributed by atoms with Crippen LogP contribution in [0.5, 0.6) is 0 Å². The molecule has 1 N–H and O–H groups in total. The second-order valence-corrected chi connectivity index (χ2v) is 3.57. The first-order valence-electron chi connectivity index (χ1n) is 4.30. The van der Waals surface area contributed by atoms with Crippen molar-refractivity contribution >= 4 is 23.0 Å². The Morgan fingerprint density at radius 1 is 1.64 bits per heavy atom. The van der Waals surface area contributed by atoms with E-state index in [1.165, 1.54) is 6.07 Å². The molecule has 5 heteroatoms. The number of anilines is 1. The highest BCUT2D eigenvalue weighted by atomic mass is 35.5. The molecule has 1 aliphatic rings. The average Bonchev–Trinajstić information content (AvgIpc) is 2.59. The number of nitro groups is 1. The van der Waals surface area contributed by atoms with Gasteiger partial charge in [0, 0.05) is 36.2 Å². The maximum Gasteiger partial charge on any atom is 0.271 e. The van der Waals surface area contributed by atoms with Gasteiger partial charge in [0.05, 0.1) is 4.92 Å². The van der Waals surface area contributed by atoms with Crippen molar-refractivity contribution in [1.82, 2.24) is 0 Å². The van der Waals surface area contributed by atoms with Crippen LogP contribution in [0.4, 0.5) is 11.4 Å². The molecular weight excluding hydrogens is 204 g/mol. The third kappa shape index (κ3) is 1.42. The highest BCUT2D eigenvalue weighted by Crippen LogP contribution is 2.34. The molecule has 0 amide bonds. The zero-order chi connectivity index (χ0) is 10.1. The van der Waals surface area contributed by atoms with Crippen molar-refractivity contribution in [3.63, 3.8) is 0 Å². The lowest BCUT2D eigenvalue weighted by Gasteiger charge is -2.03. The van der Waals surface area contributed by atoms with Crippen molar-refractivity contribution in [2.45, 2.75) is 5.92 Å². The smallest absolute Gasteiger partial charge is 0.271 e. The Morgan fingerprint density at radius 3 is 3.07 bits per heavy atom. The van der Waals surface area contributed by atoms with E-state index in [4.69, 9.17) is 11.6 Å². The van der Waals surface area contributed by atoms with Gasteiger partial charge in [-0.2, -0.15) is 0 Å². The molecular formula is C9H9ClN2O2. The summed E-state index contributed by atoms with van der Waals surface area (Å²) in [4.78, 5) is 10.1. The molecule has 0 fully saturated rings. The summed E-state index contributed by atoms with van der Waals surface area (Å²) < 4.78 is 0. The summed E-state index contributed by atoms with van der Waals surface area (Å²) in [7, 11) is 0. The number of nitrogens with one attached hydrogen (secondary N) is 1. The number of alkyl halides is 1. The van der Waals surface area contributed by atoms with Crippen LogP contribution >= 0.6 is 11.6 Å². The Kier molecular flexibility index (Phi) is 2.29. The van der Waals surface area contributed by atoms with Gasteiger partial charge in [0.25, 0.3) is 5.69 Å². The minimum Gasteiger partial charge on any atom is -0.384 e. The minimum atomic E-state index is -0.393. The normalized spacial score (nSPS) is 18.8. The Balaban J connectivity index is 2.39. The van der Waals surface area contributed by atoms with Crippen molar-refractivity contribution in [1.29, 1.82) is 0 Å². The Hall–Kier alpha value is -1.29. The lowest BCUT2D eigenvalue weighted by Crippen LogP contribution is -2.02. The van der Waals surface area contributed by atoms with Gasteiger partial charge in [-0.15, -0.1) is 11.6 Å². The first kappa shape index (κ1) is 9.27. The molecule has 0 saturated heterocycles. The van der Waals surface area contributed by atoms with Gasteiger partial charge < -0.3 is 5.32 Å². The lowest BCUT2D eigenvalue weighted by atomic mass is 10.0. The molecule has 0 radical (unpaired) electrons. The number of halogens is 1. The molecule has 1 unspecified atom stereocenters. The van der Waals surface area contributed by atoms with E-state index in [0.717, 1.165) is 17.8 Å². The number of nitro benzene ring substituents is 1. The highest BCUT2D eigenvalue weighted by molar-refractivity contribution is 6.18. The van der Waals surface area contributed by atoms with Gasteiger partial charge in [-0.3, -0.25) is 10.1 Å². The topological polar surface area (TPSA) is 55.2 Å². The lowest BCUT2D eigenvalue weighted by molar-refractivity contribution is -0.384. The number of nitrogens with zero attached hydrogens (tertiary/aromatic N) is 1. The van der Waals surface area contributed by atoms with E-state index >= 15 is 0 Å². The molecule has 74 valence electrons. The fourth-order valence-electron chi connectivity index (χ4n) is 1.65. The molecule has 1 aliphatic heterocycles. The van der Waals surface area contributed by atoms with Crippen LogP contribution in [0.2, 0.25) is 0 Å². The van der Waals surface area contributed by atoms with Gasteiger partial charge in [0.15, 0.2) is 0 Å². The third-order valence-electron chi connectivity index (χ3n) is 2.41. The summed E-state index contributed by atoms with van der Waals surface area (Å²) in [5.74, 6) is 0.810. The molecule has 0 spiro atoms. The predicted molar refractivity (Wildman–Crippen MR) is 55.0 cm³/mol. The first-order chi connectivity index (χ1) is 6.72. The summed E-state index contributed by atoms with van der Waals surface area (Å²) in [5, 5.41) is 13.6. The Labute approximate surface area is 86.0 Å². The third-order valence-corrected chi connectivity index (χ3v) is 2.79. The van der Waals surface area contributed by atoms with E-state index in [0.29, 0.717) is 5.88 Å². The van der Waals surface area contributed by atoms with E-state index in [1.807, 2.05) is 0 Å². The van der Waals surface area contributed by atoms with Crippen molar-refractivity contribution in [3.8, 4) is 0 Å². The first-order valence-corrected chi connectivity index (χ1v) is 4.84. The summed E-state index contributed by atoms with van der Waals surface area (Å²) in [5.41, 5.74) is 2.03. The molecule has 1 heterocycles. The monoisotopic (exact) mass is 212 g/mol. The van der Waals surface area contributed by atoms with Crippen LogP contribution in [-0.2, 0) is 0 Å². The SMILES string of the molecule is O=[N+]([O-])c1ccc2c(c1)NCC2CCl. The van der Waals surface area contributed by atoms with Gasteiger partial charge in [-0.05, 0) is 11.6 Å². The average molecular weight is 213 g/mol. The molecule has 0 aromatic heterocycles. The molecule has 1 atom stereocenters. The van der Waals surface area contributed by atoms with E-state index in [9.17, 15) is 10.1 Å². The Morgan fingerprint density at radius 2 is 2.43 bits per heavy atom. The quantitative estimate of drug-likeness (QED) is 0.465. The fraction of sp³-hybridized carbons (Fsp3) is 0.333. The summed E-state index contributed by atoms with van der Waals surface area (Å²) >= 11 is 5.76. The summed E-state index contributed by atoms with van der Waals surface area (Å²) in [6.07, 6.45) is 0. The molecule has 2 rings (SSSR count). The van der Waals surface area contributed by atoms with Crippen molar-refractivity contribution < 1.29 is 4.92 Å². The van der Waals surface area contributed by atoms with Crippen LogP contribution in [0.25, 0.3) is 0 Å². The van der Waals surface area contributed by atoms with Gasteiger partial charge >= 0.3 is 0 Å². The van der Waals surface area contributed by atoms with E-state index in [1.54, 1.807) is 12.1 Å². The second kappa shape index (κ2) is 3.46. The van der Waals surface area contributed by atoms with Crippen LogP contribution in [0.15, 0.2) is 18.2 Å². The number of fused-ring (bicyclic) bond motifs is 1. The van der Waals surface area contributed by atoms with Gasteiger partial charge in [0.1, 0.15) is 0 Å². The zero-order valence-corrected chi connectivity index (χ0v) is 8.12.